The van der Waals surface area contributed by atoms with Crippen molar-refractivity contribution in [2.24, 2.45) is 23.7 Å². The van der Waals surface area contributed by atoms with E-state index in [2.05, 4.69) is 39.1 Å². The van der Waals surface area contributed by atoms with Gasteiger partial charge in [0.15, 0.2) is 0 Å². The Labute approximate surface area is 111 Å². The summed E-state index contributed by atoms with van der Waals surface area (Å²) in [6.45, 7) is 9.18. The summed E-state index contributed by atoms with van der Waals surface area (Å²) in [6.07, 6.45) is 8.19. The highest BCUT2D eigenvalue weighted by molar-refractivity contribution is 5.48. The van der Waals surface area contributed by atoms with Gasteiger partial charge in [-0.05, 0) is 63.2 Å². The second kappa shape index (κ2) is 5.07. The van der Waals surface area contributed by atoms with Crippen LogP contribution in [0.1, 0.15) is 53.4 Å². The van der Waals surface area contributed by atoms with Gasteiger partial charge in [0.1, 0.15) is 0 Å². The number of nitrogens with one attached hydrogen (secondary N) is 1. The maximum Gasteiger partial charge on any atom is 0.207 e. The van der Waals surface area contributed by atoms with E-state index in [0.717, 1.165) is 24.7 Å². The quantitative estimate of drug-likeness (QED) is 0.601. The van der Waals surface area contributed by atoms with Crippen molar-refractivity contribution in [2.75, 3.05) is 0 Å². The second-order valence-electron chi connectivity index (χ2n) is 6.86. The Morgan fingerprint density at radius 3 is 2.78 bits per heavy atom. The molecular weight excluding hydrogens is 222 g/mol. The predicted molar refractivity (Wildman–Crippen MR) is 75.1 cm³/mol. The molecule has 0 radical (unpaired) electrons. The first-order valence-corrected chi connectivity index (χ1v) is 7.36. The molecule has 102 valence electrons. The maximum atomic E-state index is 10.9. The molecule has 0 saturated heterocycles. The Morgan fingerprint density at radius 1 is 1.44 bits per heavy atom. The number of hydrogen-bond donors (Lipinski definition) is 1. The van der Waals surface area contributed by atoms with Gasteiger partial charge in [-0.25, -0.2) is 0 Å². The first-order valence-electron chi connectivity index (χ1n) is 7.36. The molecule has 2 rings (SSSR count). The summed E-state index contributed by atoms with van der Waals surface area (Å²) in [5.74, 6) is 2.80. The minimum absolute atomic E-state index is 0.00894. The fraction of sp³-hybridized carbons (Fsp3) is 0.812. The lowest BCUT2D eigenvalue weighted by Crippen LogP contribution is -2.56. The summed E-state index contributed by atoms with van der Waals surface area (Å²) >= 11 is 0. The third-order valence-electron chi connectivity index (χ3n) is 5.35. The number of allylic oxidation sites excluding steroid dienone is 2. The summed E-state index contributed by atoms with van der Waals surface area (Å²) in [6, 6.07) is 0. The fourth-order valence-electron chi connectivity index (χ4n) is 4.20. The van der Waals surface area contributed by atoms with Crippen LogP contribution < -0.4 is 5.32 Å². The van der Waals surface area contributed by atoms with Gasteiger partial charge in [0.05, 0.1) is 0 Å². The summed E-state index contributed by atoms with van der Waals surface area (Å²) in [7, 11) is 0. The van der Waals surface area contributed by atoms with E-state index in [1.165, 1.54) is 24.8 Å². The van der Waals surface area contributed by atoms with Gasteiger partial charge >= 0.3 is 0 Å². The van der Waals surface area contributed by atoms with Crippen molar-refractivity contribution < 1.29 is 4.79 Å². The largest absolute Gasteiger partial charge is 0.353 e. The zero-order valence-electron chi connectivity index (χ0n) is 12.2. The standard InChI is InChI=1S/C16H27NO/c1-11(2)13-7-8-16(4,17-10-18)15-6-5-12(3)9-14(13)15/h9-11,13-15H,5-8H2,1-4H3,(H,17,18). The van der Waals surface area contributed by atoms with Crippen LogP contribution >= 0.6 is 0 Å². The Morgan fingerprint density at radius 2 is 2.17 bits per heavy atom. The monoisotopic (exact) mass is 249 g/mol. The van der Waals surface area contributed by atoms with E-state index in [-0.39, 0.29) is 5.54 Å². The molecule has 0 aromatic rings. The molecule has 4 atom stereocenters. The van der Waals surface area contributed by atoms with Crippen LogP contribution in [0.4, 0.5) is 0 Å². The van der Waals surface area contributed by atoms with Crippen molar-refractivity contribution in [3.05, 3.63) is 11.6 Å². The number of carbonyl (C=O) groups excluding carboxylic acids is 1. The molecular formula is C16H27NO. The molecule has 2 nitrogen and oxygen atoms in total. The third-order valence-corrected chi connectivity index (χ3v) is 5.35. The van der Waals surface area contributed by atoms with E-state index in [9.17, 15) is 4.79 Å². The molecule has 0 heterocycles. The molecule has 2 aliphatic rings. The summed E-state index contributed by atoms with van der Waals surface area (Å²) in [5.41, 5.74) is 1.55. The van der Waals surface area contributed by atoms with Gasteiger partial charge in [-0.1, -0.05) is 25.5 Å². The van der Waals surface area contributed by atoms with Crippen molar-refractivity contribution in [3.8, 4) is 0 Å². The number of hydrogen-bond acceptors (Lipinski definition) is 1. The SMILES string of the molecule is CC1=CC2C(C(C)C)CCC(C)(NC=O)C2CC1. The fourth-order valence-corrected chi connectivity index (χ4v) is 4.20. The first-order chi connectivity index (χ1) is 8.48. The van der Waals surface area contributed by atoms with Crippen molar-refractivity contribution >= 4 is 6.41 Å². The van der Waals surface area contributed by atoms with Gasteiger partial charge in [0.2, 0.25) is 6.41 Å². The predicted octanol–water partition coefficient (Wildman–Crippen LogP) is 3.53. The third kappa shape index (κ3) is 2.34. The lowest BCUT2D eigenvalue weighted by molar-refractivity contribution is -0.113. The molecule has 1 amide bonds. The van der Waals surface area contributed by atoms with E-state index in [4.69, 9.17) is 0 Å². The van der Waals surface area contributed by atoms with Gasteiger partial charge in [0.25, 0.3) is 0 Å². The van der Waals surface area contributed by atoms with Crippen LogP contribution in [0.3, 0.4) is 0 Å². The van der Waals surface area contributed by atoms with Gasteiger partial charge in [-0.3, -0.25) is 4.79 Å². The average Bonchev–Trinajstić information content (AvgIpc) is 2.28. The Balaban J connectivity index is 2.29. The van der Waals surface area contributed by atoms with Crippen molar-refractivity contribution in [1.82, 2.24) is 5.32 Å². The highest BCUT2D eigenvalue weighted by Gasteiger charge is 2.46. The Kier molecular flexibility index (Phi) is 3.84. The molecule has 0 aliphatic heterocycles. The van der Waals surface area contributed by atoms with Crippen molar-refractivity contribution in [2.45, 2.75) is 58.9 Å². The highest BCUT2D eigenvalue weighted by atomic mass is 16.1. The van der Waals surface area contributed by atoms with Crippen LogP contribution in [0.5, 0.6) is 0 Å². The summed E-state index contributed by atoms with van der Waals surface area (Å²) in [5, 5.41) is 3.12. The first kappa shape index (κ1) is 13.6. The molecule has 2 aliphatic carbocycles. The molecule has 2 heteroatoms. The Hall–Kier alpha value is -0.790. The Bertz CT molecular complexity index is 347. The highest BCUT2D eigenvalue weighted by Crippen LogP contribution is 2.49. The van der Waals surface area contributed by atoms with Crippen LogP contribution in [-0.4, -0.2) is 11.9 Å². The number of carbonyl (C=O) groups is 1. The minimum Gasteiger partial charge on any atom is -0.353 e. The van der Waals surface area contributed by atoms with E-state index in [1.54, 1.807) is 0 Å². The molecule has 4 unspecified atom stereocenters. The lowest BCUT2D eigenvalue weighted by Gasteiger charge is -2.51. The molecule has 0 bridgehead atoms. The summed E-state index contributed by atoms with van der Waals surface area (Å²) in [4.78, 5) is 10.9. The van der Waals surface area contributed by atoms with E-state index in [1.807, 2.05) is 0 Å². The normalized spacial score (nSPS) is 40.1. The lowest BCUT2D eigenvalue weighted by atomic mass is 9.57. The van der Waals surface area contributed by atoms with E-state index >= 15 is 0 Å². The van der Waals surface area contributed by atoms with Gasteiger partial charge in [-0.15, -0.1) is 0 Å². The maximum absolute atomic E-state index is 10.9. The minimum atomic E-state index is 0.00894. The molecule has 1 fully saturated rings. The topological polar surface area (TPSA) is 29.1 Å². The van der Waals surface area contributed by atoms with Crippen molar-refractivity contribution in [3.63, 3.8) is 0 Å². The smallest absolute Gasteiger partial charge is 0.207 e. The van der Waals surface area contributed by atoms with Crippen LogP contribution in [0.25, 0.3) is 0 Å². The van der Waals surface area contributed by atoms with Crippen molar-refractivity contribution in [1.29, 1.82) is 0 Å². The van der Waals surface area contributed by atoms with E-state index in [0.29, 0.717) is 11.8 Å². The number of fused-ring (bicyclic) bond motifs is 1. The molecule has 18 heavy (non-hydrogen) atoms. The van der Waals surface area contributed by atoms with Gasteiger partial charge in [-0.2, -0.15) is 0 Å². The zero-order chi connectivity index (χ0) is 13.3. The average molecular weight is 249 g/mol. The zero-order valence-corrected chi connectivity index (χ0v) is 12.2. The van der Waals surface area contributed by atoms with Crippen LogP contribution in [0, 0.1) is 23.7 Å². The van der Waals surface area contributed by atoms with Gasteiger partial charge in [0, 0.05) is 5.54 Å². The molecule has 1 N–H and O–H groups in total. The molecule has 0 aromatic heterocycles. The van der Waals surface area contributed by atoms with Gasteiger partial charge < -0.3 is 5.32 Å². The van der Waals surface area contributed by atoms with Crippen LogP contribution in [0.15, 0.2) is 11.6 Å². The van der Waals surface area contributed by atoms with Crippen LogP contribution in [0.2, 0.25) is 0 Å². The molecule has 1 saturated carbocycles. The second-order valence-corrected chi connectivity index (χ2v) is 6.86. The van der Waals surface area contributed by atoms with E-state index < -0.39 is 0 Å². The molecule has 0 spiro atoms. The number of rotatable bonds is 3. The number of amides is 1. The molecule has 0 aromatic carbocycles. The van der Waals surface area contributed by atoms with Crippen LogP contribution in [-0.2, 0) is 4.79 Å². The summed E-state index contributed by atoms with van der Waals surface area (Å²) < 4.78 is 0.